The fraction of sp³-hybridized carbons (Fsp3) is 0.250. The Morgan fingerprint density at radius 1 is 1.26 bits per heavy atom. The molecule has 8 nitrogen and oxygen atoms in total. The molecule has 2 atom stereocenters. The quantitative estimate of drug-likeness (QED) is 0.319. The van der Waals surface area contributed by atoms with E-state index in [1.54, 1.807) is 35.4 Å². The van der Waals surface area contributed by atoms with Gasteiger partial charge in [0.2, 0.25) is 0 Å². The number of H-pyrrole nitrogens is 1. The third kappa shape index (κ3) is 5.28. The molecule has 3 aromatic rings. The maximum Gasteiger partial charge on any atom is 0.258 e. The van der Waals surface area contributed by atoms with Crippen LogP contribution in [0.2, 0.25) is 0 Å². The number of hydrogen-bond donors (Lipinski definition) is 2. The third-order valence-corrected chi connectivity index (χ3v) is 6.66. The van der Waals surface area contributed by atoms with Crippen molar-refractivity contribution in [3.63, 3.8) is 0 Å². The summed E-state index contributed by atoms with van der Waals surface area (Å²) in [5, 5.41) is 4.16. The number of aliphatic imine (C=N–C) groups is 1. The zero-order valence-electron chi connectivity index (χ0n) is 18.5. The number of fused-ring (bicyclic) bond motifs is 1. The number of benzene rings is 2. The van der Waals surface area contributed by atoms with E-state index in [0.29, 0.717) is 41.0 Å². The van der Waals surface area contributed by atoms with Gasteiger partial charge in [-0.1, -0.05) is 0 Å². The fourth-order valence-electron chi connectivity index (χ4n) is 4.03. The summed E-state index contributed by atoms with van der Waals surface area (Å²) in [6, 6.07) is 12.3. The van der Waals surface area contributed by atoms with Gasteiger partial charge in [0.1, 0.15) is 11.5 Å². The van der Waals surface area contributed by atoms with Gasteiger partial charge in [-0.25, -0.2) is 4.39 Å². The number of rotatable bonds is 6. The number of nitrogens with two attached hydrogens (primary N) is 1. The Balaban J connectivity index is 1.48. The number of nitrogens with one attached hydrogen (secondary N) is 1. The number of halogens is 1. The number of nitrogens with zero attached hydrogens (tertiary/aromatic N) is 3. The van der Waals surface area contributed by atoms with Crippen molar-refractivity contribution in [1.29, 1.82) is 0 Å². The Hall–Kier alpha value is -3.66. The van der Waals surface area contributed by atoms with E-state index in [0.717, 1.165) is 6.42 Å². The second kappa shape index (κ2) is 10.1. The van der Waals surface area contributed by atoms with Gasteiger partial charge in [-0.2, -0.15) is 5.10 Å². The molecule has 2 heterocycles. The van der Waals surface area contributed by atoms with Crippen LogP contribution in [0.5, 0.6) is 0 Å². The molecule has 1 saturated heterocycles. The second-order valence-corrected chi connectivity index (χ2v) is 9.69. The molecule has 34 heavy (non-hydrogen) atoms. The molecular weight excluding hydrogens is 457 g/mol. The molecule has 0 saturated carbocycles. The highest BCUT2D eigenvalue weighted by Crippen LogP contribution is 2.21. The normalized spacial score (nSPS) is 17.5. The van der Waals surface area contributed by atoms with Crippen LogP contribution < -0.4 is 11.4 Å². The van der Waals surface area contributed by atoms with Gasteiger partial charge in [-0.3, -0.25) is 18.8 Å². The summed E-state index contributed by atoms with van der Waals surface area (Å²) in [5.41, 5.74) is 1.44. The predicted molar refractivity (Wildman–Crippen MR) is 133 cm³/mol. The van der Waals surface area contributed by atoms with Crippen molar-refractivity contribution in [3.05, 3.63) is 75.8 Å². The molecule has 176 valence electrons. The molecule has 0 bridgehead atoms. The summed E-state index contributed by atoms with van der Waals surface area (Å²) in [6.07, 6.45) is 3.89. The molecule has 1 aliphatic rings. The lowest BCUT2D eigenvalue weighted by molar-refractivity contribution is 0.0788. The lowest BCUT2D eigenvalue weighted by Crippen LogP contribution is -2.29. The average Bonchev–Trinajstić information content (AvgIpc) is 3.27. The summed E-state index contributed by atoms with van der Waals surface area (Å²) in [4.78, 5) is 34.0. The molecule has 0 spiro atoms. The number of hydrogen-bond acceptors (Lipinski definition) is 6. The first-order valence-corrected chi connectivity index (χ1v) is 12.4. The van der Waals surface area contributed by atoms with Crippen LogP contribution in [0, 0.1) is 11.7 Å². The molecule has 0 aliphatic carbocycles. The Labute approximate surface area is 197 Å². The maximum absolute atomic E-state index is 13.6. The molecule has 1 amide bonds. The van der Waals surface area contributed by atoms with Crippen LogP contribution in [0.3, 0.4) is 0 Å². The minimum atomic E-state index is -0.873. The lowest BCUT2D eigenvalue weighted by Gasteiger charge is -2.16. The van der Waals surface area contributed by atoms with Gasteiger partial charge < -0.3 is 15.7 Å². The lowest BCUT2D eigenvalue weighted by atomic mass is 10.1. The van der Waals surface area contributed by atoms with Gasteiger partial charge in [0.05, 0.1) is 17.5 Å². The number of amides is 1. The van der Waals surface area contributed by atoms with Crippen LogP contribution >= 0.6 is 0 Å². The molecule has 2 unspecified atom stereocenters. The van der Waals surface area contributed by atoms with Gasteiger partial charge in [-0.05, 0) is 60.9 Å². The molecule has 1 fully saturated rings. The minimum absolute atomic E-state index is 0.0703. The van der Waals surface area contributed by atoms with E-state index in [1.165, 1.54) is 30.5 Å². The number of likely N-dealkylation sites (tertiary alicyclic amines) is 1. The van der Waals surface area contributed by atoms with Gasteiger partial charge in [0.15, 0.2) is 0 Å². The molecule has 4 rings (SSSR count). The molecule has 3 N–H and O–H groups in total. The smallest absolute Gasteiger partial charge is 0.258 e. The fourth-order valence-corrected chi connectivity index (χ4v) is 4.97. The molecular formula is C24H24FN5O3S. The van der Waals surface area contributed by atoms with Crippen LogP contribution in [-0.2, 0) is 10.8 Å². The summed E-state index contributed by atoms with van der Waals surface area (Å²) >= 11 is 0. The van der Waals surface area contributed by atoms with Crippen molar-refractivity contribution in [2.75, 3.05) is 25.1 Å². The number of pyridine rings is 1. The SMILES string of the molecule is CS(=O)CC1CCN(C(=O)c2ccc(N=CC(=NN)c3cc4cc(F)ccc4[nH]c3=O)cc2)C1. The maximum atomic E-state index is 13.6. The standard InChI is InChI=1S/C24H24FN5O3S/c1-34(33)14-15-8-9-30(13-15)24(32)16-2-5-19(6-3-16)27-12-22(29-26)20-11-17-10-18(25)4-7-21(17)28-23(20)31/h2-7,10-12,15H,8-9,13-14,26H2,1H3,(H,28,31). The number of carbonyl (C=O) groups excluding carboxylic acids is 1. The molecule has 10 heteroatoms. The van der Waals surface area contributed by atoms with E-state index in [1.807, 2.05) is 0 Å². The predicted octanol–water partition coefficient (Wildman–Crippen LogP) is 2.57. The summed E-state index contributed by atoms with van der Waals surface area (Å²) in [5.74, 6) is 5.87. The van der Waals surface area contributed by atoms with Crippen molar-refractivity contribution in [1.82, 2.24) is 9.88 Å². The number of aromatic amines is 1. The van der Waals surface area contributed by atoms with Crippen molar-refractivity contribution >= 4 is 45.2 Å². The molecule has 1 aromatic heterocycles. The zero-order valence-corrected chi connectivity index (χ0v) is 19.3. The number of carbonyl (C=O) groups is 1. The van der Waals surface area contributed by atoms with Crippen LogP contribution in [0.25, 0.3) is 10.9 Å². The minimum Gasteiger partial charge on any atom is -0.338 e. The van der Waals surface area contributed by atoms with E-state index >= 15 is 0 Å². The van der Waals surface area contributed by atoms with Crippen LogP contribution in [-0.4, -0.2) is 57.0 Å². The zero-order chi connectivity index (χ0) is 24.2. The first-order chi connectivity index (χ1) is 16.3. The monoisotopic (exact) mass is 481 g/mol. The summed E-state index contributed by atoms with van der Waals surface area (Å²) in [6.45, 7) is 1.26. The Morgan fingerprint density at radius 3 is 2.74 bits per heavy atom. The topological polar surface area (TPSA) is 121 Å². The van der Waals surface area contributed by atoms with Crippen LogP contribution in [0.15, 0.2) is 63.4 Å². The largest absolute Gasteiger partial charge is 0.338 e. The average molecular weight is 482 g/mol. The number of hydrazone groups is 1. The van der Waals surface area contributed by atoms with Crippen LogP contribution in [0.4, 0.5) is 10.1 Å². The van der Waals surface area contributed by atoms with Gasteiger partial charge in [0, 0.05) is 52.4 Å². The highest BCUT2D eigenvalue weighted by molar-refractivity contribution is 7.84. The van der Waals surface area contributed by atoms with Gasteiger partial charge in [-0.15, -0.1) is 0 Å². The van der Waals surface area contributed by atoms with E-state index in [9.17, 15) is 18.2 Å². The van der Waals surface area contributed by atoms with Crippen molar-refractivity contribution in [3.8, 4) is 0 Å². The van der Waals surface area contributed by atoms with E-state index in [-0.39, 0.29) is 23.1 Å². The number of aromatic nitrogens is 1. The Morgan fingerprint density at radius 2 is 2.03 bits per heavy atom. The van der Waals surface area contributed by atoms with E-state index < -0.39 is 22.2 Å². The van der Waals surface area contributed by atoms with Gasteiger partial charge >= 0.3 is 0 Å². The van der Waals surface area contributed by atoms with E-state index in [4.69, 9.17) is 5.84 Å². The van der Waals surface area contributed by atoms with Crippen molar-refractivity contribution in [2.45, 2.75) is 6.42 Å². The third-order valence-electron chi connectivity index (χ3n) is 5.71. The highest BCUT2D eigenvalue weighted by atomic mass is 32.2. The molecule has 0 radical (unpaired) electrons. The Kier molecular flexibility index (Phi) is 6.97. The molecule has 1 aliphatic heterocycles. The second-order valence-electron chi connectivity index (χ2n) is 8.21. The van der Waals surface area contributed by atoms with Crippen molar-refractivity contribution in [2.24, 2.45) is 21.9 Å². The summed E-state index contributed by atoms with van der Waals surface area (Å²) in [7, 11) is -0.873. The van der Waals surface area contributed by atoms with E-state index in [2.05, 4.69) is 15.1 Å². The van der Waals surface area contributed by atoms with Gasteiger partial charge in [0.25, 0.3) is 11.5 Å². The Bertz CT molecular complexity index is 1370. The first-order valence-electron chi connectivity index (χ1n) is 10.7. The van der Waals surface area contributed by atoms with Crippen LogP contribution in [0.1, 0.15) is 22.3 Å². The highest BCUT2D eigenvalue weighted by Gasteiger charge is 2.27. The summed E-state index contributed by atoms with van der Waals surface area (Å²) < 4.78 is 25.0. The molecule has 2 aromatic carbocycles. The first kappa shape index (κ1) is 23.5. The van der Waals surface area contributed by atoms with Crippen molar-refractivity contribution < 1.29 is 13.4 Å².